The van der Waals surface area contributed by atoms with Gasteiger partial charge in [-0.25, -0.2) is 0 Å². The highest BCUT2D eigenvalue weighted by molar-refractivity contribution is 6.52. The lowest BCUT2D eigenvalue weighted by Gasteiger charge is -2.27. The molecule has 0 aliphatic heterocycles. The molecule has 2 N–H and O–H groups in total. The highest BCUT2D eigenvalue weighted by atomic mass is 35.5. The van der Waals surface area contributed by atoms with Crippen LogP contribution in [0.15, 0.2) is 24.3 Å². The van der Waals surface area contributed by atoms with E-state index < -0.39 is 5.79 Å². The smallest absolute Gasteiger partial charge is 0.193 e. The summed E-state index contributed by atoms with van der Waals surface area (Å²) in [6.45, 7) is 0. The van der Waals surface area contributed by atoms with E-state index in [0.29, 0.717) is 5.56 Å². The van der Waals surface area contributed by atoms with Crippen molar-refractivity contribution in [2.24, 2.45) is 0 Å². The molecule has 0 aromatic heterocycles. The summed E-state index contributed by atoms with van der Waals surface area (Å²) in [5, 5.41) is 20.4. The number of hydrogen-bond acceptors (Lipinski definition) is 2. The summed E-state index contributed by atoms with van der Waals surface area (Å²) in [6, 6.07) is 1.46. The summed E-state index contributed by atoms with van der Waals surface area (Å²) in [7, 11) is 0. The van der Waals surface area contributed by atoms with E-state index in [1.807, 2.05) is 0 Å². The van der Waals surface area contributed by atoms with E-state index in [1.165, 1.54) is 6.07 Å². The van der Waals surface area contributed by atoms with E-state index in [0.717, 1.165) is 0 Å². The molecule has 1 aromatic carbocycles. The molecule has 1 aromatic rings. The minimum Gasteiger partial charge on any atom is -0.362 e. The zero-order chi connectivity index (χ0) is 13.5. The van der Waals surface area contributed by atoms with Crippen LogP contribution >= 0.6 is 46.4 Å². The van der Waals surface area contributed by atoms with Crippen LogP contribution in [0.2, 0.25) is 20.1 Å². The zero-order valence-corrected chi connectivity index (χ0v) is 11.9. The van der Waals surface area contributed by atoms with Gasteiger partial charge in [0.2, 0.25) is 0 Å². The molecular weight excluding hydrogens is 318 g/mol. The molecular formula is C12H8Cl4O2. The summed E-state index contributed by atoms with van der Waals surface area (Å²) in [5.74, 6) is -2.00. The first-order valence-corrected chi connectivity index (χ1v) is 6.51. The number of hydrogen-bond donors (Lipinski definition) is 2. The minimum atomic E-state index is -2.00. The summed E-state index contributed by atoms with van der Waals surface area (Å²) >= 11 is 23.8. The maximum absolute atomic E-state index is 9.92. The Kier molecular flexibility index (Phi) is 3.98. The van der Waals surface area contributed by atoms with Crippen LogP contribution in [0.25, 0.3) is 5.57 Å². The molecule has 0 spiro atoms. The summed E-state index contributed by atoms with van der Waals surface area (Å²) < 4.78 is 0. The maximum atomic E-state index is 9.92. The summed E-state index contributed by atoms with van der Waals surface area (Å²) in [6.07, 6.45) is 4.95. The zero-order valence-electron chi connectivity index (χ0n) is 8.92. The SMILES string of the molecule is OC1(O)CC=CC=C1c1cc(Cl)c(Cl)c(Cl)c1Cl. The Morgan fingerprint density at radius 1 is 1.00 bits per heavy atom. The van der Waals surface area contributed by atoms with Crippen molar-refractivity contribution in [2.45, 2.75) is 12.2 Å². The van der Waals surface area contributed by atoms with Crippen molar-refractivity contribution in [1.29, 1.82) is 0 Å². The third kappa shape index (κ3) is 2.42. The van der Waals surface area contributed by atoms with Crippen molar-refractivity contribution in [1.82, 2.24) is 0 Å². The van der Waals surface area contributed by atoms with E-state index >= 15 is 0 Å². The number of aliphatic hydroxyl groups is 2. The predicted molar refractivity (Wildman–Crippen MR) is 75.4 cm³/mol. The Balaban J connectivity index is 2.66. The minimum absolute atomic E-state index is 0.0625. The van der Waals surface area contributed by atoms with E-state index in [2.05, 4.69) is 0 Å². The normalized spacial score (nSPS) is 17.8. The van der Waals surface area contributed by atoms with Crippen LogP contribution in [0.5, 0.6) is 0 Å². The molecule has 0 fully saturated rings. The Morgan fingerprint density at radius 3 is 2.28 bits per heavy atom. The Morgan fingerprint density at radius 2 is 1.67 bits per heavy atom. The van der Waals surface area contributed by atoms with E-state index in [1.54, 1.807) is 18.2 Å². The first kappa shape index (κ1) is 14.2. The second-order valence-corrected chi connectivity index (χ2v) is 5.42. The monoisotopic (exact) mass is 324 g/mol. The topological polar surface area (TPSA) is 40.5 Å². The van der Waals surface area contributed by atoms with Crippen LogP contribution in [-0.4, -0.2) is 16.0 Å². The van der Waals surface area contributed by atoms with Gasteiger partial charge >= 0.3 is 0 Å². The highest BCUT2D eigenvalue weighted by Crippen LogP contribution is 2.43. The Bertz CT molecular complexity index is 562. The lowest BCUT2D eigenvalue weighted by Crippen LogP contribution is -2.30. The van der Waals surface area contributed by atoms with Gasteiger partial charge in [-0.15, -0.1) is 0 Å². The van der Waals surface area contributed by atoms with Crippen molar-refractivity contribution in [3.05, 3.63) is 49.9 Å². The van der Waals surface area contributed by atoms with Gasteiger partial charge in [0.05, 0.1) is 20.1 Å². The molecule has 0 radical (unpaired) electrons. The number of halogens is 4. The van der Waals surface area contributed by atoms with E-state index in [-0.39, 0.29) is 32.1 Å². The lowest BCUT2D eigenvalue weighted by atomic mass is 9.91. The average Bonchev–Trinajstić information content (AvgIpc) is 2.31. The van der Waals surface area contributed by atoms with Gasteiger partial charge in [0.15, 0.2) is 5.79 Å². The Labute approximate surface area is 124 Å². The van der Waals surface area contributed by atoms with Crippen LogP contribution in [0.1, 0.15) is 12.0 Å². The Hall–Kier alpha value is -0.220. The molecule has 0 atom stereocenters. The summed E-state index contributed by atoms with van der Waals surface area (Å²) in [5.41, 5.74) is 0.584. The van der Waals surface area contributed by atoms with Gasteiger partial charge in [0.1, 0.15) is 0 Å². The second kappa shape index (κ2) is 5.04. The molecule has 1 aliphatic rings. The maximum Gasteiger partial charge on any atom is 0.193 e. The summed E-state index contributed by atoms with van der Waals surface area (Å²) in [4.78, 5) is 0. The second-order valence-electron chi connectivity index (χ2n) is 3.88. The molecule has 0 unspecified atom stereocenters. The van der Waals surface area contributed by atoms with Gasteiger partial charge in [-0.1, -0.05) is 64.6 Å². The molecule has 2 rings (SSSR count). The predicted octanol–water partition coefficient (Wildman–Crippen LogP) is 4.32. The van der Waals surface area contributed by atoms with Crippen LogP contribution in [0.3, 0.4) is 0 Å². The first-order chi connectivity index (χ1) is 8.34. The third-order valence-electron chi connectivity index (χ3n) is 2.63. The number of rotatable bonds is 1. The quantitative estimate of drug-likeness (QED) is 0.458. The number of allylic oxidation sites excluding steroid dienone is 2. The molecule has 2 nitrogen and oxygen atoms in total. The number of benzene rings is 1. The molecule has 1 aliphatic carbocycles. The molecule has 18 heavy (non-hydrogen) atoms. The van der Waals surface area contributed by atoms with Gasteiger partial charge in [0.25, 0.3) is 0 Å². The van der Waals surface area contributed by atoms with Gasteiger partial charge in [-0.2, -0.15) is 0 Å². The van der Waals surface area contributed by atoms with E-state index in [9.17, 15) is 10.2 Å². The standard InChI is InChI=1S/C12H8Cl4O2/c13-8-5-6(9(14)11(16)10(8)15)7-3-1-2-4-12(7,17)18/h1-3,5,17-18H,4H2. The van der Waals surface area contributed by atoms with Crippen molar-refractivity contribution in [3.63, 3.8) is 0 Å². The highest BCUT2D eigenvalue weighted by Gasteiger charge is 2.32. The molecule has 96 valence electrons. The van der Waals surface area contributed by atoms with Crippen molar-refractivity contribution < 1.29 is 10.2 Å². The molecule has 0 saturated carbocycles. The van der Waals surface area contributed by atoms with Crippen molar-refractivity contribution in [2.75, 3.05) is 0 Å². The van der Waals surface area contributed by atoms with Crippen LogP contribution in [-0.2, 0) is 0 Å². The molecule has 0 saturated heterocycles. The fourth-order valence-corrected chi connectivity index (χ4v) is 2.62. The molecule has 0 heterocycles. The average molecular weight is 326 g/mol. The molecule has 0 bridgehead atoms. The van der Waals surface area contributed by atoms with Gasteiger partial charge < -0.3 is 10.2 Å². The van der Waals surface area contributed by atoms with Crippen molar-refractivity contribution >= 4 is 52.0 Å². The van der Waals surface area contributed by atoms with Crippen LogP contribution < -0.4 is 0 Å². The first-order valence-electron chi connectivity index (χ1n) is 5.00. The lowest BCUT2D eigenvalue weighted by molar-refractivity contribution is -0.105. The van der Waals surface area contributed by atoms with Gasteiger partial charge in [-0.05, 0) is 6.07 Å². The molecule has 0 amide bonds. The third-order valence-corrected chi connectivity index (χ3v) is 4.38. The van der Waals surface area contributed by atoms with E-state index in [4.69, 9.17) is 46.4 Å². The fraction of sp³-hybridized carbons (Fsp3) is 0.167. The largest absolute Gasteiger partial charge is 0.362 e. The van der Waals surface area contributed by atoms with Crippen LogP contribution in [0, 0.1) is 0 Å². The fourth-order valence-electron chi connectivity index (χ4n) is 1.71. The van der Waals surface area contributed by atoms with Gasteiger partial charge in [-0.3, -0.25) is 0 Å². The molecule has 6 heteroatoms. The van der Waals surface area contributed by atoms with Crippen LogP contribution in [0.4, 0.5) is 0 Å². The van der Waals surface area contributed by atoms with Gasteiger partial charge in [0, 0.05) is 17.6 Å². The van der Waals surface area contributed by atoms with Crippen molar-refractivity contribution in [3.8, 4) is 0 Å².